The molecule has 4 bridgehead atoms. The number of benzene rings is 1. The Balaban J connectivity index is 1.26. The smallest absolute Gasteiger partial charge is 0.325 e. The van der Waals surface area contributed by atoms with Gasteiger partial charge in [0.05, 0.1) is 0 Å². The number of nitrogens with zero attached hydrogens (tertiary/aromatic N) is 1. The van der Waals surface area contributed by atoms with Crippen LogP contribution in [0.15, 0.2) is 24.3 Å². The monoisotopic (exact) mass is 443 g/mol. The molecule has 1 aromatic carbocycles. The molecule has 0 spiro atoms. The van der Waals surface area contributed by atoms with Crippen LogP contribution in [0.25, 0.3) is 0 Å². The van der Waals surface area contributed by atoms with Gasteiger partial charge in [-0.1, -0.05) is 23.7 Å². The fourth-order valence-corrected chi connectivity index (χ4v) is 7.24. The van der Waals surface area contributed by atoms with Crippen molar-refractivity contribution >= 4 is 29.4 Å². The summed E-state index contributed by atoms with van der Waals surface area (Å²) in [5.41, 5.74) is -0.382. The summed E-state index contributed by atoms with van der Waals surface area (Å²) < 4.78 is 0. The van der Waals surface area contributed by atoms with Crippen LogP contribution in [0, 0.1) is 23.2 Å². The van der Waals surface area contributed by atoms with Crippen molar-refractivity contribution in [3.05, 3.63) is 34.9 Å². The lowest BCUT2D eigenvalue weighted by Crippen LogP contribution is -2.57. The van der Waals surface area contributed by atoms with Crippen molar-refractivity contribution in [1.29, 1.82) is 0 Å². The highest BCUT2D eigenvalue weighted by Crippen LogP contribution is 2.61. The van der Waals surface area contributed by atoms with Gasteiger partial charge in [-0.25, -0.2) is 4.79 Å². The zero-order valence-corrected chi connectivity index (χ0v) is 18.9. The van der Waals surface area contributed by atoms with Gasteiger partial charge in [0.15, 0.2) is 0 Å². The number of hydrogen-bond acceptors (Lipinski definition) is 3. The molecular formula is C24H30ClN3O3. The Morgan fingerprint density at radius 3 is 2.23 bits per heavy atom. The standard InChI is InChI=1S/C24H30ClN3O3/c1-14(24-10-15-7-16(11-24)9-17(8-15)12-24)26-20(29)13-28-21(30)23(2,27-22(28)31)18-3-5-19(25)6-4-18/h3-6,14-17H,7-13H2,1-2H3,(H,26,29)(H,27,31). The summed E-state index contributed by atoms with van der Waals surface area (Å²) in [5.74, 6) is 1.72. The second-order valence-electron chi connectivity index (χ2n) is 10.5. The molecule has 5 aliphatic rings. The lowest BCUT2D eigenvalue weighted by atomic mass is 9.48. The number of nitrogens with one attached hydrogen (secondary N) is 2. The maximum absolute atomic E-state index is 13.1. The van der Waals surface area contributed by atoms with E-state index in [4.69, 9.17) is 11.6 Å². The number of halogens is 1. The molecule has 1 aromatic rings. The van der Waals surface area contributed by atoms with E-state index in [1.54, 1.807) is 31.2 Å². The molecule has 1 heterocycles. The summed E-state index contributed by atoms with van der Waals surface area (Å²) >= 11 is 5.95. The van der Waals surface area contributed by atoms with Crippen molar-refractivity contribution in [3.8, 4) is 0 Å². The molecular weight excluding hydrogens is 414 g/mol. The highest BCUT2D eigenvalue weighted by Gasteiger charge is 2.54. The van der Waals surface area contributed by atoms with E-state index in [0.29, 0.717) is 10.6 Å². The molecule has 0 aromatic heterocycles. The lowest BCUT2D eigenvalue weighted by Gasteiger charge is -2.59. The number of imide groups is 1. The van der Waals surface area contributed by atoms with Gasteiger partial charge in [0.1, 0.15) is 12.1 Å². The Labute approximate surface area is 188 Å². The van der Waals surface area contributed by atoms with Gasteiger partial charge in [0, 0.05) is 11.1 Å². The second kappa shape index (κ2) is 7.22. The third-order valence-corrected chi connectivity index (χ3v) is 8.63. The normalized spacial score (nSPS) is 37.1. The van der Waals surface area contributed by atoms with Gasteiger partial charge in [-0.05, 0) is 93.2 Å². The molecule has 6 nitrogen and oxygen atoms in total. The van der Waals surface area contributed by atoms with Crippen molar-refractivity contribution in [1.82, 2.24) is 15.5 Å². The maximum Gasteiger partial charge on any atom is 0.325 e. The van der Waals surface area contributed by atoms with Gasteiger partial charge < -0.3 is 10.6 Å². The molecule has 4 amide bonds. The minimum absolute atomic E-state index is 0.0526. The van der Waals surface area contributed by atoms with Crippen LogP contribution in [0.4, 0.5) is 4.79 Å². The maximum atomic E-state index is 13.1. The van der Waals surface area contributed by atoms with E-state index in [-0.39, 0.29) is 23.9 Å². The third kappa shape index (κ3) is 3.43. The average Bonchev–Trinajstić information content (AvgIpc) is 2.91. The molecule has 2 N–H and O–H groups in total. The average molecular weight is 444 g/mol. The zero-order chi connectivity index (χ0) is 22.0. The van der Waals surface area contributed by atoms with Gasteiger partial charge in [-0.3, -0.25) is 14.5 Å². The van der Waals surface area contributed by atoms with Crippen molar-refractivity contribution in [3.63, 3.8) is 0 Å². The minimum Gasteiger partial charge on any atom is -0.352 e. The van der Waals surface area contributed by atoms with E-state index in [1.807, 2.05) is 0 Å². The topological polar surface area (TPSA) is 78.5 Å². The molecule has 4 aliphatic carbocycles. The molecule has 7 heteroatoms. The first kappa shape index (κ1) is 20.8. The summed E-state index contributed by atoms with van der Waals surface area (Å²) in [4.78, 5) is 39.6. The molecule has 31 heavy (non-hydrogen) atoms. The van der Waals surface area contributed by atoms with Gasteiger partial charge in [0.25, 0.3) is 5.91 Å². The Bertz CT molecular complexity index is 895. The van der Waals surface area contributed by atoms with Crippen LogP contribution >= 0.6 is 11.6 Å². The molecule has 4 saturated carbocycles. The van der Waals surface area contributed by atoms with E-state index in [2.05, 4.69) is 17.6 Å². The number of rotatable bonds is 5. The fraction of sp³-hybridized carbons (Fsp3) is 0.625. The quantitative estimate of drug-likeness (QED) is 0.679. The van der Waals surface area contributed by atoms with Crippen LogP contribution in [0.3, 0.4) is 0 Å². The first-order valence-corrected chi connectivity index (χ1v) is 11.8. The highest BCUT2D eigenvalue weighted by molar-refractivity contribution is 6.30. The van der Waals surface area contributed by atoms with Crippen LogP contribution in [0.2, 0.25) is 5.02 Å². The lowest BCUT2D eigenvalue weighted by molar-refractivity contribution is -0.136. The van der Waals surface area contributed by atoms with Crippen molar-refractivity contribution in [2.75, 3.05) is 6.54 Å². The van der Waals surface area contributed by atoms with Crippen LogP contribution in [0.5, 0.6) is 0 Å². The van der Waals surface area contributed by atoms with Crippen molar-refractivity contribution in [2.24, 2.45) is 23.2 Å². The van der Waals surface area contributed by atoms with Crippen molar-refractivity contribution in [2.45, 2.75) is 64.0 Å². The molecule has 2 unspecified atom stereocenters. The van der Waals surface area contributed by atoms with E-state index in [9.17, 15) is 14.4 Å². The van der Waals surface area contributed by atoms with E-state index < -0.39 is 17.5 Å². The van der Waals surface area contributed by atoms with Gasteiger partial charge >= 0.3 is 6.03 Å². The van der Waals surface area contributed by atoms with Gasteiger partial charge in [-0.2, -0.15) is 0 Å². The summed E-state index contributed by atoms with van der Waals surface area (Å²) in [7, 11) is 0. The number of hydrogen-bond donors (Lipinski definition) is 2. The molecule has 0 radical (unpaired) electrons. The molecule has 2 atom stereocenters. The number of amides is 4. The fourth-order valence-electron chi connectivity index (χ4n) is 7.11. The van der Waals surface area contributed by atoms with Crippen LogP contribution < -0.4 is 10.6 Å². The number of urea groups is 1. The van der Waals surface area contributed by atoms with Crippen LogP contribution in [-0.2, 0) is 15.1 Å². The first-order valence-electron chi connectivity index (χ1n) is 11.4. The predicted octanol–water partition coefficient (Wildman–Crippen LogP) is 3.83. The van der Waals surface area contributed by atoms with E-state index in [0.717, 1.165) is 22.7 Å². The molecule has 1 saturated heterocycles. The summed E-state index contributed by atoms with van der Waals surface area (Å²) in [6.07, 6.45) is 7.64. The third-order valence-electron chi connectivity index (χ3n) is 8.38. The molecule has 5 fully saturated rings. The van der Waals surface area contributed by atoms with E-state index in [1.165, 1.54) is 38.5 Å². The second-order valence-corrected chi connectivity index (χ2v) is 11.0. The highest BCUT2D eigenvalue weighted by atomic mass is 35.5. The number of carbonyl (C=O) groups is 3. The zero-order valence-electron chi connectivity index (χ0n) is 18.1. The molecule has 166 valence electrons. The SMILES string of the molecule is CC(NC(=O)CN1C(=O)NC(C)(c2ccc(Cl)cc2)C1=O)C12CC3CC(CC(C3)C1)C2. The first-order chi connectivity index (χ1) is 14.7. The molecule has 6 rings (SSSR count). The summed E-state index contributed by atoms with van der Waals surface area (Å²) in [5, 5.41) is 6.45. The minimum atomic E-state index is -1.20. The Hall–Kier alpha value is -2.08. The van der Waals surface area contributed by atoms with Crippen molar-refractivity contribution < 1.29 is 14.4 Å². The van der Waals surface area contributed by atoms with E-state index >= 15 is 0 Å². The Morgan fingerprint density at radius 2 is 1.68 bits per heavy atom. The molecule has 1 aliphatic heterocycles. The predicted molar refractivity (Wildman–Crippen MR) is 117 cm³/mol. The van der Waals surface area contributed by atoms with Gasteiger partial charge in [0.2, 0.25) is 5.91 Å². The summed E-state index contributed by atoms with van der Waals surface area (Å²) in [6.45, 7) is 3.51. The Morgan fingerprint density at radius 1 is 1.13 bits per heavy atom. The van der Waals surface area contributed by atoms with Crippen LogP contribution in [-0.4, -0.2) is 35.3 Å². The van der Waals surface area contributed by atoms with Crippen LogP contribution in [0.1, 0.15) is 57.9 Å². The van der Waals surface area contributed by atoms with Gasteiger partial charge in [-0.15, -0.1) is 0 Å². The Kier molecular flexibility index (Phi) is 4.85. The summed E-state index contributed by atoms with van der Waals surface area (Å²) in [6, 6.07) is 6.32. The largest absolute Gasteiger partial charge is 0.352 e. The number of carbonyl (C=O) groups excluding carboxylic acids is 3.